The molecule has 13 heavy (non-hydrogen) atoms. The van der Waals surface area contributed by atoms with Crippen LogP contribution in [-0.4, -0.2) is 12.5 Å². The Kier molecular flexibility index (Phi) is 3.76. The molecule has 0 bridgehead atoms. The van der Waals surface area contributed by atoms with Crippen molar-refractivity contribution in [1.82, 2.24) is 5.32 Å². The van der Waals surface area contributed by atoms with Gasteiger partial charge in [-0.25, -0.2) is 0 Å². The number of nitrogens with one attached hydrogen (secondary N) is 1. The molecule has 2 nitrogen and oxygen atoms in total. The molecule has 0 heterocycles. The minimum atomic E-state index is 0.188. The van der Waals surface area contributed by atoms with Crippen LogP contribution in [-0.2, 0) is 4.79 Å². The third kappa shape index (κ3) is 3.02. The standard InChI is InChI=1S/C11H21NO/c1-4-11(13)12-7-9-5-10(6-9)8(2)3/h8-10H,4-7H2,1-3H3,(H,12,13). The summed E-state index contributed by atoms with van der Waals surface area (Å²) in [6, 6.07) is 0. The number of amides is 1. The van der Waals surface area contributed by atoms with Gasteiger partial charge in [-0.2, -0.15) is 0 Å². The van der Waals surface area contributed by atoms with E-state index < -0.39 is 0 Å². The second-order valence-corrected chi connectivity index (χ2v) is 4.50. The number of carbonyl (C=O) groups excluding carboxylic acids is 1. The van der Waals surface area contributed by atoms with E-state index >= 15 is 0 Å². The fraction of sp³-hybridized carbons (Fsp3) is 0.909. The maximum Gasteiger partial charge on any atom is 0.219 e. The van der Waals surface area contributed by atoms with Crippen molar-refractivity contribution in [3.8, 4) is 0 Å². The molecule has 0 unspecified atom stereocenters. The van der Waals surface area contributed by atoms with E-state index in [1.165, 1.54) is 12.8 Å². The summed E-state index contributed by atoms with van der Waals surface area (Å²) in [6.07, 6.45) is 3.23. The molecule has 1 N–H and O–H groups in total. The van der Waals surface area contributed by atoms with Gasteiger partial charge in [-0.05, 0) is 30.6 Å². The van der Waals surface area contributed by atoms with Crippen LogP contribution >= 0.6 is 0 Å². The number of hydrogen-bond acceptors (Lipinski definition) is 1. The van der Waals surface area contributed by atoms with Crippen LogP contribution in [0.15, 0.2) is 0 Å². The summed E-state index contributed by atoms with van der Waals surface area (Å²) < 4.78 is 0. The van der Waals surface area contributed by atoms with Gasteiger partial charge in [-0.3, -0.25) is 4.79 Å². The van der Waals surface area contributed by atoms with Crippen LogP contribution in [0.25, 0.3) is 0 Å². The Morgan fingerprint density at radius 2 is 2.08 bits per heavy atom. The minimum absolute atomic E-state index is 0.188. The van der Waals surface area contributed by atoms with Crippen LogP contribution in [0.4, 0.5) is 0 Å². The lowest BCUT2D eigenvalue weighted by Crippen LogP contribution is -2.37. The van der Waals surface area contributed by atoms with Crippen molar-refractivity contribution in [2.24, 2.45) is 17.8 Å². The van der Waals surface area contributed by atoms with E-state index in [9.17, 15) is 4.79 Å². The van der Waals surface area contributed by atoms with Gasteiger partial charge in [0.2, 0.25) is 5.91 Å². The van der Waals surface area contributed by atoms with E-state index in [-0.39, 0.29) is 5.91 Å². The lowest BCUT2D eigenvalue weighted by Gasteiger charge is -2.38. The molecule has 0 aromatic heterocycles. The Hall–Kier alpha value is -0.530. The zero-order valence-corrected chi connectivity index (χ0v) is 8.97. The molecule has 0 radical (unpaired) electrons. The molecule has 1 saturated carbocycles. The molecule has 1 aliphatic carbocycles. The van der Waals surface area contributed by atoms with Gasteiger partial charge < -0.3 is 5.32 Å². The molecule has 76 valence electrons. The van der Waals surface area contributed by atoms with Crippen molar-refractivity contribution in [1.29, 1.82) is 0 Å². The highest BCUT2D eigenvalue weighted by Gasteiger charge is 2.30. The van der Waals surface area contributed by atoms with Gasteiger partial charge in [0.05, 0.1) is 0 Å². The first-order chi connectivity index (χ1) is 6.13. The van der Waals surface area contributed by atoms with Crippen molar-refractivity contribution in [2.75, 3.05) is 6.54 Å². The van der Waals surface area contributed by atoms with E-state index in [0.717, 1.165) is 24.3 Å². The highest BCUT2D eigenvalue weighted by Crippen LogP contribution is 2.38. The highest BCUT2D eigenvalue weighted by atomic mass is 16.1. The second-order valence-electron chi connectivity index (χ2n) is 4.50. The van der Waals surface area contributed by atoms with Crippen molar-refractivity contribution < 1.29 is 4.79 Å². The summed E-state index contributed by atoms with van der Waals surface area (Å²) in [5, 5.41) is 2.95. The largest absolute Gasteiger partial charge is 0.356 e. The molecule has 0 atom stereocenters. The molecule has 1 amide bonds. The van der Waals surface area contributed by atoms with Crippen molar-refractivity contribution in [3.63, 3.8) is 0 Å². The van der Waals surface area contributed by atoms with Crippen LogP contribution < -0.4 is 5.32 Å². The summed E-state index contributed by atoms with van der Waals surface area (Å²) in [5.74, 6) is 2.66. The maximum absolute atomic E-state index is 11.0. The molecule has 0 aliphatic heterocycles. The molecule has 2 heteroatoms. The first-order valence-electron chi connectivity index (χ1n) is 5.40. The van der Waals surface area contributed by atoms with Crippen molar-refractivity contribution >= 4 is 5.91 Å². The average Bonchev–Trinajstić information content (AvgIpc) is 2.00. The SMILES string of the molecule is CCC(=O)NCC1CC(C(C)C)C1. The first kappa shape index (κ1) is 10.6. The highest BCUT2D eigenvalue weighted by molar-refractivity contribution is 5.75. The molecule has 1 aliphatic rings. The average molecular weight is 183 g/mol. The fourth-order valence-electron chi connectivity index (χ4n) is 1.88. The third-order valence-corrected chi connectivity index (χ3v) is 3.12. The summed E-state index contributed by atoms with van der Waals surface area (Å²) in [6.45, 7) is 7.36. The zero-order valence-electron chi connectivity index (χ0n) is 8.97. The molecule has 0 saturated heterocycles. The maximum atomic E-state index is 11.0. The second kappa shape index (κ2) is 4.64. The summed E-state index contributed by atoms with van der Waals surface area (Å²) >= 11 is 0. The van der Waals surface area contributed by atoms with Gasteiger partial charge in [0.1, 0.15) is 0 Å². The monoisotopic (exact) mass is 183 g/mol. The summed E-state index contributed by atoms with van der Waals surface area (Å²) in [4.78, 5) is 11.0. The van der Waals surface area contributed by atoms with Gasteiger partial charge in [-0.15, -0.1) is 0 Å². The van der Waals surface area contributed by atoms with Crippen molar-refractivity contribution in [2.45, 2.75) is 40.0 Å². The van der Waals surface area contributed by atoms with Gasteiger partial charge >= 0.3 is 0 Å². The molecular formula is C11H21NO. The van der Waals surface area contributed by atoms with Gasteiger partial charge in [0, 0.05) is 13.0 Å². The quantitative estimate of drug-likeness (QED) is 0.711. The number of rotatable bonds is 4. The predicted molar refractivity (Wildman–Crippen MR) is 54.4 cm³/mol. The topological polar surface area (TPSA) is 29.1 Å². The Balaban J connectivity index is 2.05. The van der Waals surface area contributed by atoms with Gasteiger partial charge in [0.25, 0.3) is 0 Å². The molecule has 0 aromatic rings. The van der Waals surface area contributed by atoms with Gasteiger partial charge in [-0.1, -0.05) is 20.8 Å². The molecule has 0 spiro atoms. The molecular weight excluding hydrogens is 162 g/mol. The van der Waals surface area contributed by atoms with Crippen LogP contribution in [0.5, 0.6) is 0 Å². The van der Waals surface area contributed by atoms with E-state index in [1.54, 1.807) is 0 Å². The summed E-state index contributed by atoms with van der Waals surface area (Å²) in [5.41, 5.74) is 0. The Labute approximate surface area is 81.1 Å². The summed E-state index contributed by atoms with van der Waals surface area (Å²) in [7, 11) is 0. The normalized spacial score (nSPS) is 27.1. The first-order valence-corrected chi connectivity index (χ1v) is 5.40. The van der Waals surface area contributed by atoms with E-state index in [1.807, 2.05) is 6.92 Å². The zero-order chi connectivity index (χ0) is 9.84. The predicted octanol–water partition coefficient (Wildman–Crippen LogP) is 2.19. The Morgan fingerprint density at radius 1 is 1.46 bits per heavy atom. The molecule has 0 aromatic carbocycles. The number of hydrogen-bond donors (Lipinski definition) is 1. The third-order valence-electron chi connectivity index (χ3n) is 3.12. The van der Waals surface area contributed by atoms with E-state index in [0.29, 0.717) is 6.42 Å². The molecule has 1 rings (SSSR count). The van der Waals surface area contributed by atoms with Crippen LogP contribution in [0.1, 0.15) is 40.0 Å². The van der Waals surface area contributed by atoms with E-state index in [2.05, 4.69) is 19.2 Å². The van der Waals surface area contributed by atoms with Crippen molar-refractivity contribution in [3.05, 3.63) is 0 Å². The number of carbonyl (C=O) groups is 1. The molecule has 1 fully saturated rings. The van der Waals surface area contributed by atoms with Crippen LogP contribution in [0.3, 0.4) is 0 Å². The fourth-order valence-corrected chi connectivity index (χ4v) is 1.88. The lowest BCUT2D eigenvalue weighted by atomic mass is 9.69. The lowest BCUT2D eigenvalue weighted by molar-refractivity contribution is -0.121. The minimum Gasteiger partial charge on any atom is -0.356 e. The Bertz CT molecular complexity index is 171. The Morgan fingerprint density at radius 3 is 2.54 bits per heavy atom. The van der Waals surface area contributed by atoms with Crippen LogP contribution in [0.2, 0.25) is 0 Å². The van der Waals surface area contributed by atoms with Crippen LogP contribution in [0, 0.1) is 17.8 Å². The van der Waals surface area contributed by atoms with E-state index in [4.69, 9.17) is 0 Å². The van der Waals surface area contributed by atoms with Gasteiger partial charge in [0.15, 0.2) is 0 Å². The smallest absolute Gasteiger partial charge is 0.219 e.